The SMILES string of the molecule is Cc1cc(C=NNC(=O)Cc2cccc(C(F)(F)F)c2)cc(C)c1O. The number of nitrogens with one attached hydrogen (secondary N) is 1. The van der Waals surface area contributed by atoms with Gasteiger partial charge in [-0.05, 0) is 54.3 Å². The van der Waals surface area contributed by atoms with Crippen molar-refractivity contribution in [2.75, 3.05) is 0 Å². The van der Waals surface area contributed by atoms with E-state index < -0.39 is 17.6 Å². The molecule has 132 valence electrons. The van der Waals surface area contributed by atoms with Crippen molar-refractivity contribution in [2.24, 2.45) is 5.10 Å². The summed E-state index contributed by atoms with van der Waals surface area (Å²) in [5.41, 5.74) is 3.77. The van der Waals surface area contributed by atoms with E-state index in [-0.39, 0.29) is 17.7 Å². The van der Waals surface area contributed by atoms with Gasteiger partial charge < -0.3 is 5.11 Å². The molecule has 0 aliphatic carbocycles. The Bertz CT molecular complexity index is 791. The van der Waals surface area contributed by atoms with Gasteiger partial charge in [-0.1, -0.05) is 18.2 Å². The van der Waals surface area contributed by atoms with Gasteiger partial charge in [0, 0.05) is 0 Å². The van der Waals surface area contributed by atoms with Crippen molar-refractivity contribution < 1.29 is 23.1 Å². The number of aryl methyl sites for hydroxylation is 2. The topological polar surface area (TPSA) is 61.7 Å². The lowest BCUT2D eigenvalue weighted by Crippen LogP contribution is -2.20. The monoisotopic (exact) mass is 350 g/mol. The number of nitrogens with zero attached hydrogens (tertiary/aromatic N) is 1. The summed E-state index contributed by atoms with van der Waals surface area (Å²) in [7, 11) is 0. The first-order valence-corrected chi connectivity index (χ1v) is 7.45. The minimum Gasteiger partial charge on any atom is -0.507 e. The average molecular weight is 350 g/mol. The minimum atomic E-state index is -4.45. The van der Waals surface area contributed by atoms with Crippen LogP contribution in [0.25, 0.3) is 0 Å². The van der Waals surface area contributed by atoms with E-state index in [9.17, 15) is 23.1 Å². The van der Waals surface area contributed by atoms with Gasteiger partial charge in [0.05, 0.1) is 18.2 Å². The minimum absolute atomic E-state index is 0.200. The van der Waals surface area contributed by atoms with E-state index in [2.05, 4.69) is 10.5 Å². The lowest BCUT2D eigenvalue weighted by atomic mass is 10.1. The maximum atomic E-state index is 12.6. The van der Waals surface area contributed by atoms with Gasteiger partial charge in [0.15, 0.2) is 0 Å². The molecule has 1 amide bonds. The Morgan fingerprint density at radius 1 is 1.20 bits per heavy atom. The lowest BCUT2D eigenvalue weighted by Gasteiger charge is -2.08. The third kappa shape index (κ3) is 5.07. The summed E-state index contributed by atoms with van der Waals surface area (Å²) in [5, 5.41) is 13.5. The molecule has 25 heavy (non-hydrogen) atoms. The van der Waals surface area contributed by atoms with E-state index in [1.165, 1.54) is 18.3 Å². The number of amides is 1. The van der Waals surface area contributed by atoms with Crippen LogP contribution in [0, 0.1) is 13.8 Å². The van der Waals surface area contributed by atoms with Gasteiger partial charge in [-0.15, -0.1) is 0 Å². The number of phenolic OH excluding ortho intramolecular Hbond substituents is 1. The number of benzene rings is 2. The first kappa shape index (κ1) is 18.5. The van der Waals surface area contributed by atoms with E-state index in [4.69, 9.17) is 0 Å². The lowest BCUT2D eigenvalue weighted by molar-refractivity contribution is -0.137. The number of carbonyl (C=O) groups excluding carboxylic acids is 1. The van der Waals surface area contributed by atoms with Crippen LogP contribution < -0.4 is 5.43 Å². The van der Waals surface area contributed by atoms with Crippen LogP contribution in [-0.4, -0.2) is 17.2 Å². The molecule has 0 bridgehead atoms. The van der Waals surface area contributed by atoms with Crippen molar-refractivity contribution in [3.63, 3.8) is 0 Å². The molecule has 0 heterocycles. The number of rotatable bonds is 4. The molecular weight excluding hydrogens is 333 g/mol. The number of hydrazone groups is 1. The van der Waals surface area contributed by atoms with E-state index in [1.807, 2.05) is 0 Å². The summed E-state index contributed by atoms with van der Waals surface area (Å²) in [6.07, 6.45) is -3.25. The summed E-state index contributed by atoms with van der Waals surface area (Å²) < 4.78 is 37.9. The zero-order valence-electron chi connectivity index (χ0n) is 13.7. The van der Waals surface area contributed by atoms with Gasteiger partial charge in [-0.3, -0.25) is 4.79 Å². The van der Waals surface area contributed by atoms with Crippen LogP contribution in [0.1, 0.15) is 27.8 Å². The van der Waals surface area contributed by atoms with Gasteiger partial charge >= 0.3 is 6.18 Å². The largest absolute Gasteiger partial charge is 0.507 e. The Balaban J connectivity index is 1.99. The smallest absolute Gasteiger partial charge is 0.416 e. The van der Waals surface area contributed by atoms with Crippen LogP contribution in [0.2, 0.25) is 0 Å². The second kappa shape index (κ2) is 7.38. The molecule has 2 N–H and O–H groups in total. The molecule has 0 atom stereocenters. The zero-order chi connectivity index (χ0) is 18.6. The van der Waals surface area contributed by atoms with Gasteiger partial charge in [0.25, 0.3) is 0 Å². The molecule has 0 aromatic heterocycles. The highest BCUT2D eigenvalue weighted by Crippen LogP contribution is 2.29. The quantitative estimate of drug-likeness (QED) is 0.652. The second-order valence-electron chi connectivity index (χ2n) is 5.67. The van der Waals surface area contributed by atoms with Gasteiger partial charge in [-0.2, -0.15) is 18.3 Å². The van der Waals surface area contributed by atoms with Crippen molar-refractivity contribution in [3.8, 4) is 5.75 Å². The molecule has 4 nitrogen and oxygen atoms in total. The Hall–Kier alpha value is -2.83. The molecule has 2 rings (SSSR count). The number of phenols is 1. The summed E-state index contributed by atoms with van der Waals surface area (Å²) in [4.78, 5) is 11.8. The molecule has 0 spiro atoms. The van der Waals surface area contributed by atoms with Gasteiger partial charge in [-0.25, -0.2) is 5.43 Å². The molecule has 0 saturated heterocycles. The van der Waals surface area contributed by atoms with E-state index in [0.29, 0.717) is 16.7 Å². The molecule has 0 fully saturated rings. The number of carbonyl (C=O) groups is 1. The number of halogens is 3. The van der Waals surface area contributed by atoms with Crippen LogP contribution in [0.15, 0.2) is 41.5 Å². The first-order valence-electron chi connectivity index (χ1n) is 7.45. The molecule has 0 saturated carbocycles. The van der Waals surface area contributed by atoms with Crippen LogP contribution in [0.4, 0.5) is 13.2 Å². The summed E-state index contributed by atoms with van der Waals surface area (Å²) in [6, 6.07) is 8.00. The van der Waals surface area contributed by atoms with Crippen LogP contribution in [0.5, 0.6) is 5.75 Å². The fourth-order valence-corrected chi connectivity index (χ4v) is 2.33. The maximum Gasteiger partial charge on any atom is 0.416 e. The molecule has 2 aromatic carbocycles. The second-order valence-corrected chi connectivity index (χ2v) is 5.67. The number of aromatic hydroxyl groups is 1. The summed E-state index contributed by atoms with van der Waals surface area (Å²) in [5.74, 6) is -0.325. The number of hydrogen-bond acceptors (Lipinski definition) is 3. The molecule has 0 radical (unpaired) electrons. The molecular formula is C18H17F3N2O2. The average Bonchev–Trinajstić information content (AvgIpc) is 2.52. The fourth-order valence-electron chi connectivity index (χ4n) is 2.33. The van der Waals surface area contributed by atoms with Crippen molar-refractivity contribution >= 4 is 12.1 Å². The normalized spacial score (nSPS) is 11.7. The molecule has 0 aliphatic rings. The third-order valence-electron chi connectivity index (χ3n) is 3.54. The highest BCUT2D eigenvalue weighted by Gasteiger charge is 2.30. The predicted octanol–water partition coefficient (Wildman–Crippen LogP) is 3.72. The van der Waals surface area contributed by atoms with Crippen LogP contribution in [0.3, 0.4) is 0 Å². The molecule has 0 unspecified atom stereocenters. The Kier molecular flexibility index (Phi) is 5.46. The summed E-state index contributed by atoms with van der Waals surface area (Å²) in [6.45, 7) is 3.48. The fraction of sp³-hybridized carbons (Fsp3) is 0.222. The molecule has 7 heteroatoms. The molecule has 2 aromatic rings. The van der Waals surface area contributed by atoms with Crippen LogP contribution >= 0.6 is 0 Å². The Labute approximate surface area is 143 Å². The highest BCUT2D eigenvalue weighted by atomic mass is 19.4. The highest BCUT2D eigenvalue weighted by molar-refractivity contribution is 5.84. The van der Waals surface area contributed by atoms with Gasteiger partial charge in [0.2, 0.25) is 5.91 Å². The number of hydrogen-bond donors (Lipinski definition) is 2. The van der Waals surface area contributed by atoms with Crippen molar-refractivity contribution in [1.82, 2.24) is 5.43 Å². The van der Waals surface area contributed by atoms with E-state index in [0.717, 1.165) is 12.1 Å². The number of alkyl halides is 3. The van der Waals surface area contributed by atoms with Crippen molar-refractivity contribution in [2.45, 2.75) is 26.4 Å². The van der Waals surface area contributed by atoms with E-state index >= 15 is 0 Å². The van der Waals surface area contributed by atoms with Gasteiger partial charge in [0.1, 0.15) is 5.75 Å². The van der Waals surface area contributed by atoms with Crippen molar-refractivity contribution in [3.05, 3.63) is 64.2 Å². The van der Waals surface area contributed by atoms with Crippen molar-refractivity contribution in [1.29, 1.82) is 0 Å². The maximum absolute atomic E-state index is 12.6. The Morgan fingerprint density at radius 2 is 1.84 bits per heavy atom. The Morgan fingerprint density at radius 3 is 2.44 bits per heavy atom. The van der Waals surface area contributed by atoms with Crippen LogP contribution in [-0.2, 0) is 17.4 Å². The standard InChI is InChI=1S/C18H17F3N2O2/c1-11-6-14(7-12(2)17(11)25)10-22-23-16(24)9-13-4-3-5-15(8-13)18(19,20)21/h3-8,10,25H,9H2,1-2H3,(H,23,24). The third-order valence-corrected chi connectivity index (χ3v) is 3.54. The first-order chi connectivity index (χ1) is 11.7. The zero-order valence-corrected chi connectivity index (χ0v) is 13.7. The summed E-state index contributed by atoms with van der Waals surface area (Å²) >= 11 is 0. The molecule has 0 aliphatic heterocycles. The predicted molar refractivity (Wildman–Crippen MR) is 88.5 cm³/mol. The van der Waals surface area contributed by atoms with E-state index in [1.54, 1.807) is 26.0 Å².